The summed E-state index contributed by atoms with van der Waals surface area (Å²) < 4.78 is 5.90. The van der Waals surface area contributed by atoms with Crippen LogP contribution in [0.3, 0.4) is 0 Å². The summed E-state index contributed by atoms with van der Waals surface area (Å²) in [5.74, 6) is 1.52. The molecule has 2 heterocycles. The second kappa shape index (κ2) is 9.89. The van der Waals surface area contributed by atoms with Gasteiger partial charge in [-0.1, -0.05) is 32.0 Å². The summed E-state index contributed by atoms with van der Waals surface area (Å²) in [6, 6.07) is 9.85. The van der Waals surface area contributed by atoms with Crippen LogP contribution in [0.4, 0.5) is 5.69 Å². The number of hydrogen-bond donors (Lipinski definition) is 2. The maximum absolute atomic E-state index is 12.4. The topological polar surface area (TPSA) is 69.2 Å². The van der Waals surface area contributed by atoms with Gasteiger partial charge in [-0.25, -0.2) is 0 Å². The van der Waals surface area contributed by atoms with Crippen LogP contribution in [0.1, 0.15) is 20.3 Å². The summed E-state index contributed by atoms with van der Waals surface area (Å²) in [7, 11) is 1.76. The number of morpholine rings is 1. The molecule has 0 saturated carbocycles. The van der Waals surface area contributed by atoms with Gasteiger partial charge in [0.2, 0.25) is 5.91 Å². The molecular formula is C21H33N5O2. The van der Waals surface area contributed by atoms with E-state index < -0.39 is 0 Å². The van der Waals surface area contributed by atoms with Crippen molar-refractivity contribution in [2.24, 2.45) is 10.9 Å². The van der Waals surface area contributed by atoms with Crippen LogP contribution in [0, 0.1) is 5.92 Å². The lowest BCUT2D eigenvalue weighted by atomic mass is 10.2. The number of aliphatic imine (C=N–C) groups is 1. The summed E-state index contributed by atoms with van der Waals surface area (Å²) in [6.45, 7) is 9.66. The fraction of sp³-hybridized carbons (Fsp3) is 0.619. The van der Waals surface area contributed by atoms with Gasteiger partial charge >= 0.3 is 0 Å². The van der Waals surface area contributed by atoms with Crippen molar-refractivity contribution in [2.75, 3.05) is 51.3 Å². The third-order valence-electron chi connectivity index (χ3n) is 5.10. The highest BCUT2D eigenvalue weighted by Gasteiger charge is 2.31. The van der Waals surface area contributed by atoms with Crippen LogP contribution in [0.25, 0.3) is 0 Å². The predicted octanol–water partition coefficient (Wildman–Crippen LogP) is 1.31. The summed E-state index contributed by atoms with van der Waals surface area (Å²) in [5, 5.41) is 6.75. The van der Waals surface area contributed by atoms with E-state index in [9.17, 15) is 4.79 Å². The second-order valence-electron chi connectivity index (χ2n) is 7.98. The maximum Gasteiger partial charge on any atom is 0.229 e. The molecule has 1 aromatic carbocycles. The Kier molecular flexibility index (Phi) is 7.28. The molecule has 2 aliphatic rings. The number of hydrogen-bond acceptors (Lipinski definition) is 4. The zero-order chi connectivity index (χ0) is 19.9. The molecule has 7 heteroatoms. The van der Waals surface area contributed by atoms with Gasteiger partial charge in [0.1, 0.15) is 0 Å². The molecule has 1 amide bonds. The van der Waals surface area contributed by atoms with E-state index in [4.69, 9.17) is 4.74 Å². The Balaban J connectivity index is 1.47. The van der Waals surface area contributed by atoms with Gasteiger partial charge < -0.3 is 20.3 Å². The number of rotatable bonds is 6. The van der Waals surface area contributed by atoms with Crippen molar-refractivity contribution >= 4 is 17.6 Å². The monoisotopic (exact) mass is 387 g/mol. The number of amides is 1. The average Bonchev–Trinajstić information content (AvgIpc) is 3.05. The number of ether oxygens (including phenoxy) is 1. The minimum Gasteiger partial charge on any atom is -0.374 e. The standard InChI is InChI=1S/C21H33N5O2/c1-16(2)13-25-9-10-28-19(15-25)12-23-21(22-3)24-17-11-20(27)26(14-17)18-7-5-4-6-8-18/h4-8,16-17,19H,9-15H2,1-3H3,(H2,22,23,24). The average molecular weight is 388 g/mol. The molecule has 2 fully saturated rings. The summed E-state index contributed by atoms with van der Waals surface area (Å²) in [4.78, 5) is 21.0. The molecule has 7 nitrogen and oxygen atoms in total. The Morgan fingerprint density at radius 2 is 2.07 bits per heavy atom. The highest BCUT2D eigenvalue weighted by molar-refractivity contribution is 5.97. The van der Waals surface area contributed by atoms with Crippen LogP contribution in [0.5, 0.6) is 0 Å². The number of nitrogens with one attached hydrogen (secondary N) is 2. The van der Waals surface area contributed by atoms with Gasteiger partial charge in [0.05, 0.1) is 18.8 Å². The van der Waals surface area contributed by atoms with Gasteiger partial charge in [0, 0.05) is 51.9 Å². The van der Waals surface area contributed by atoms with E-state index in [0.717, 1.165) is 37.9 Å². The SMILES string of the molecule is CN=C(NCC1CN(CC(C)C)CCO1)NC1CC(=O)N(c2ccccc2)C1. The number of nitrogens with zero attached hydrogens (tertiary/aromatic N) is 3. The number of benzene rings is 1. The molecule has 2 N–H and O–H groups in total. The van der Waals surface area contributed by atoms with Crippen molar-refractivity contribution in [1.29, 1.82) is 0 Å². The summed E-state index contributed by atoms with van der Waals surface area (Å²) >= 11 is 0. The largest absolute Gasteiger partial charge is 0.374 e. The minimum atomic E-state index is 0.0450. The maximum atomic E-state index is 12.4. The highest BCUT2D eigenvalue weighted by Crippen LogP contribution is 2.20. The molecule has 2 saturated heterocycles. The van der Waals surface area contributed by atoms with Crippen LogP contribution < -0.4 is 15.5 Å². The van der Waals surface area contributed by atoms with Crippen LogP contribution in [-0.4, -0.2) is 75.3 Å². The van der Waals surface area contributed by atoms with Gasteiger partial charge in [-0.2, -0.15) is 0 Å². The Morgan fingerprint density at radius 3 is 2.79 bits per heavy atom. The normalized spacial score (nSPS) is 24.1. The lowest BCUT2D eigenvalue weighted by molar-refractivity contribution is -0.117. The molecule has 0 bridgehead atoms. The van der Waals surface area contributed by atoms with Crippen LogP contribution in [0.2, 0.25) is 0 Å². The van der Waals surface area contributed by atoms with Gasteiger partial charge in [-0.05, 0) is 18.1 Å². The molecule has 2 aliphatic heterocycles. The van der Waals surface area contributed by atoms with Crippen LogP contribution in [-0.2, 0) is 9.53 Å². The molecule has 3 rings (SSSR count). The van der Waals surface area contributed by atoms with E-state index in [2.05, 4.69) is 34.4 Å². The van der Waals surface area contributed by atoms with Gasteiger partial charge in [-0.15, -0.1) is 0 Å². The Labute approximate surface area is 168 Å². The molecule has 0 spiro atoms. The summed E-state index contributed by atoms with van der Waals surface area (Å²) in [5.41, 5.74) is 0.945. The van der Waals surface area contributed by atoms with Crippen LogP contribution in [0.15, 0.2) is 35.3 Å². The van der Waals surface area contributed by atoms with E-state index >= 15 is 0 Å². The van der Waals surface area contributed by atoms with Crippen molar-refractivity contribution in [2.45, 2.75) is 32.4 Å². The molecule has 2 unspecified atom stereocenters. The molecule has 154 valence electrons. The first-order chi connectivity index (χ1) is 13.5. The second-order valence-corrected chi connectivity index (χ2v) is 7.98. The number of anilines is 1. The number of guanidine groups is 1. The lowest BCUT2D eigenvalue weighted by Crippen LogP contribution is -2.51. The highest BCUT2D eigenvalue weighted by atomic mass is 16.5. The first-order valence-electron chi connectivity index (χ1n) is 10.2. The van der Waals surface area contributed by atoms with E-state index in [1.54, 1.807) is 7.05 Å². The number of carbonyl (C=O) groups is 1. The molecule has 2 atom stereocenters. The zero-order valence-corrected chi connectivity index (χ0v) is 17.2. The van der Waals surface area contributed by atoms with Crippen LogP contribution >= 0.6 is 0 Å². The van der Waals surface area contributed by atoms with E-state index in [-0.39, 0.29) is 18.1 Å². The molecule has 28 heavy (non-hydrogen) atoms. The van der Waals surface area contributed by atoms with Gasteiger partial charge in [0.15, 0.2) is 5.96 Å². The van der Waals surface area contributed by atoms with E-state index in [0.29, 0.717) is 25.4 Å². The van der Waals surface area contributed by atoms with Gasteiger partial charge in [0.25, 0.3) is 0 Å². The van der Waals surface area contributed by atoms with Gasteiger partial charge in [-0.3, -0.25) is 14.7 Å². The van der Waals surface area contributed by atoms with Crippen molar-refractivity contribution < 1.29 is 9.53 Å². The fourth-order valence-corrected chi connectivity index (χ4v) is 3.85. The fourth-order valence-electron chi connectivity index (χ4n) is 3.85. The smallest absolute Gasteiger partial charge is 0.229 e. The number of para-hydroxylation sites is 1. The zero-order valence-electron chi connectivity index (χ0n) is 17.2. The Hall–Kier alpha value is -2.12. The minimum absolute atomic E-state index is 0.0450. The van der Waals surface area contributed by atoms with Crippen molar-refractivity contribution in [3.63, 3.8) is 0 Å². The molecule has 0 aliphatic carbocycles. The summed E-state index contributed by atoms with van der Waals surface area (Å²) in [6.07, 6.45) is 0.620. The van der Waals surface area contributed by atoms with Crippen molar-refractivity contribution in [3.8, 4) is 0 Å². The Morgan fingerprint density at radius 1 is 1.29 bits per heavy atom. The molecule has 0 aromatic heterocycles. The lowest BCUT2D eigenvalue weighted by Gasteiger charge is -2.34. The third-order valence-corrected chi connectivity index (χ3v) is 5.10. The van der Waals surface area contributed by atoms with Crippen molar-refractivity contribution in [1.82, 2.24) is 15.5 Å². The molecular weight excluding hydrogens is 354 g/mol. The first kappa shape index (κ1) is 20.6. The van der Waals surface area contributed by atoms with E-state index in [1.807, 2.05) is 35.2 Å². The molecule has 1 aromatic rings. The predicted molar refractivity (Wildman–Crippen MR) is 113 cm³/mol. The van der Waals surface area contributed by atoms with Crippen molar-refractivity contribution in [3.05, 3.63) is 30.3 Å². The first-order valence-corrected chi connectivity index (χ1v) is 10.2. The molecule has 0 radical (unpaired) electrons. The number of carbonyl (C=O) groups excluding carboxylic acids is 1. The Bertz CT molecular complexity index is 664. The van der Waals surface area contributed by atoms with E-state index in [1.165, 1.54) is 0 Å². The third kappa shape index (κ3) is 5.69. The quantitative estimate of drug-likeness (QED) is 0.569.